The molecule has 1 unspecified atom stereocenters. The zero-order valence-electron chi connectivity index (χ0n) is 12.6. The van der Waals surface area contributed by atoms with E-state index in [-0.39, 0.29) is 23.8 Å². The molecule has 2 rings (SSSR count). The number of urea groups is 1. The lowest BCUT2D eigenvalue weighted by Gasteiger charge is -2.31. The highest BCUT2D eigenvalue weighted by Gasteiger charge is 2.27. The second-order valence-corrected chi connectivity index (χ2v) is 5.75. The Hall–Kier alpha value is -2.11. The number of piperidine rings is 1. The van der Waals surface area contributed by atoms with E-state index in [0.717, 1.165) is 0 Å². The number of carboxylic acid groups (broad SMARTS) is 1. The molecule has 120 valence electrons. The molecule has 0 aliphatic carbocycles. The van der Waals surface area contributed by atoms with Crippen molar-refractivity contribution in [2.75, 3.05) is 13.1 Å². The third-order valence-corrected chi connectivity index (χ3v) is 3.99. The zero-order chi connectivity index (χ0) is 16.1. The number of aliphatic carboxylic acids is 1. The summed E-state index contributed by atoms with van der Waals surface area (Å²) in [5, 5.41) is 11.8. The van der Waals surface area contributed by atoms with Crippen LogP contribution in [0.25, 0.3) is 0 Å². The van der Waals surface area contributed by atoms with Gasteiger partial charge in [-0.2, -0.15) is 0 Å². The van der Waals surface area contributed by atoms with Gasteiger partial charge in [-0.15, -0.1) is 0 Å². The number of carbonyl (C=O) groups is 2. The van der Waals surface area contributed by atoms with E-state index in [1.807, 2.05) is 6.92 Å². The van der Waals surface area contributed by atoms with Crippen molar-refractivity contribution < 1.29 is 19.1 Å². The summed E-state index contributed by atoms with van der Waals surface area (Å²) in [6, 6.07) is 6.10. The van der Waals surface area contributed by atoms with E-state index < -0.39 is 5.97 Å². The van der Waals surface area contributed by atoms with Gasteiger partial charge < -0.3 is 15.3 Å². The fourth-order valence-corrected chi connectivity index (χ4v) is 2.68. The van der Waals surface area contributed by atoms with E-state index in [0.29, 0.717) is 37.9 Å². The minimum Gasteiger partial charge on any atom is -0.481 e. The highest BCUT2D eigenvalue weighted by atomic mass is 19.1. The maximum absolute atomic E-state index is 13.6. The summed E-state index contributed by atoms with van der Waals surface area (Å²) in [4.78, 5) is 24.6. The van der Waals surface area contributed by atoms with Crippen LogP contribution in [0.2, 0.25) is 0 Å². The second-order valence-electron chi connectivity index (χ2n) is 5.75. The lowest BCUT2D eigenvalue weighted by Crippen LogP contribution is -2.48. The molecule has 1 fully saturated rings. The minimum absolute atomic E-state index is 0.193. The summed E-state index contributed by atoms with van der Waals surface area (Å²) in [5.74, 6) is -1.43. The van der Waals surface area contributed by atoms with Crippen molar-refractivity contribution in [2.24, 2.45) is 5.92 Å². The van der Waals surface area contributed by atoms with Crippen LogP contribution >= 0.6 is 0 Å². The molecule has 6 heteroatoms. The standard InChI is InChI=1S/C16H21FN2O3/c1-11(10-13-4-2-3-5-14(13)17)18-16(22)19-8-6-12(7-9-19)15(20)21/h2-5,11-12H,6-10H2,1H3,(H,18,22)(H,20,21). The summed E-state index contributed by atoms with van der Waals surface area (Å²) in [7, 11) is 0. The summed E-state index contributed by atoms with van der Waals surface area (Å²) in [6.07, 6.45) is 1.37. The third-order valence-electron chi connectivity index (χ3n) is 3.99. The molecule has 5 nitrogen and oxygen atoms in total. The lowest BCUT2D eigenvalue weighted by molar-refractivity contribution is -0.143. The van der Waals surface area contributed by atoms with E-state index >= 15 is 0 Å². The highest BCUT2D eigenvalue weighted by Crippen LogP contribution is 2.17. The van der Waals surface area contributed by atoms with Gasteiger partial charge in [-0.25, -0.2) is 9.18 Å². The molecule has 2 amide bonds. The van der Waals surface area contributed by atoms with Gasteiger partial charge in [0.1, 0.15) is 5.82 Å². The van der Waals surface area contributed by atoms with Crippen LogP contribution in [-0.4, -0.2) is 41.1 Å². The highest BCUT2D eigenvalue weighted by molar-refractivity contribution is 5.75. The number of rotatable bonds is 4. The van der Waals surface area contributed by atoms with Crippen molar-refractivity contribution in [3.8, 4) is 0 Å². The maximum Gasteiger partial charge on any atom is 0.317 e. The van der Waals surface area contributed by atoms with E-state index in [2.05, 4.69) is 5.32 Å². The number of halogens is 1. The quantitative estimate of drug-likeness (QED) is 0.896. The molecule has 0 radical (unpaired) electrons. The van der Waals surface area contributed by atoms with E-state index in [1.54, 1.807) is 23.1 Å². The van der Waals surface area contributed by atoms with E-state index in [9.17, 15) is 14.0 Å². The first kappa shape index (κ1) is 16.3. The Morgan fingerprint density at radius 1 is 1.36 bits per heavy atom. The first-order valence-corrected chi connectivity index (χ1v) is 7.49. The van der Waals surface area contributed by atoms with Gasteiger partial charge in [0, 0.05) is 19.1 Å². The molecular weight excluding hydrogens is 287 g/mol. The van der Waals surface area contributed by atoms with Gasteiger partial charge in [0.2, 0.25) is 0 Å². The van der Waals surface area contributed by atoms with Gasteiger partial charge in [0.25, 0.3) is 0 Å². The van der Waals surface area contributed by atoms with Crippen LogP contribution in [0, 0.1) is 11.7 Å². The predicted molar refractivity (Wildman–Crippen MR) is 80.0 cm³/mol. The number of hydrogen-bond acceptors (Lipinski definition) is 2. The number of amides is 2. The molecule has 1 aliphatic heterocycles. The number of nitrogens with zero attached hydrogens (tertiary/aromatic N) is 1. The van der Waals surface area contributed by atoms with Crippen molar-refractivity contribution >= 4 is 12.0 Å². The Balaban J connectivity index is 1.82. The normalized spacial score (nSPS) is 17.1. The largest absolute Gasteiger partial charge is 0.481 e. The smallest absolute Gasteiger partial charge is 0.317 e. The van der Waals surface area contributed by atoms with E-state index in [4.69, 9.17) is 5.11 Å². The predicted octanol–water partition coefficient (Wildman–Crippen LogP) is 2.26. The molecule has 1 aromatic rings. The first-order valence-electron chi connectivity index (χ1n) is 7.49. The van der Waals surface area contributed by atoms with Crippen LogP contribution in [0.5, 0.6) is 0 Å². The number of benzene rings is 1. The van der Waals surface area contributed by atoms with Crippen molar-refractivity contribution in [1.29, 1.82) is 0 Å². The minimum atomic E-state index is -0.798. The molecule has 1 saturated heterocycles. The molecule has 1 aromatic carbocycles. The topological polar surface area (TPSA) is 69.6 Å². The maximum atomic E-state index is 13.6. The van der Waals surface area contributed by atoms with Gasteiger partial charge in [-0.05, 0) is 37.8 Å². The number of likely N-dealkylation sites (tertiary alicyclic amines) is 1. The number of nitrogens with one attached hydrogen (secondary N) is 1. The molecule has 1 heterocycles. The van der Waals surface area contributed by atoms with Gasteiger partial charge in [-0.3, -0.25) is 4.79 Å². The fraction of sp³-hybridized carbons (Fsp3) is 0.500. The monoisotopic (exact) mass is 308 g/mol. The summed E-state index contributed by atoms with van der Waals surface area (Å²) < 4.78 is 13.6. The van der Waals surface area contributed by atoms with Crippen LogP contribution in [0.1, 0.15) is 25.3 Å². The Kier molecular flexibility index (Phi) is 5.35. The van der Waals surface area contributed by atoms with Crippen LogP contribution in [0.4, 0.5) is 9.18 Å². The number of carbonyl (C=O) groups excluding carboxylic acids is 1. The fourth-order valence-electron chi connectivity index (χ4n) is 2.68. The van der Waals surface area contributed by atoms with Gasteiger partial charge in [0.15, 0.2) is 0 Å². The Morgan fingerprint density at radius 2 is 2.00 bits per heavy atom. The van der Waals surface area contributed by atoms with Crippen molar-refractivity contribution in [2.45, 2.75) is 32.2 Å². The third kappa shape index (κ3) is 4.19. The SMILES string of the molecule is CC(Cc1ccccc1F)NC(=O)N1CCC(C(=O)O)CC1. The summed E-state index contributed by atoms with van der Waals surface area (Å²) >= 11 is 0. The van der Waals surface area contributed by atoms with Gasteiger partial charge in [-0.1, -0.05) is 18.2 Å². The van der Waals surface area contributed by atoms with Crippen LogP contribution in [0.15, 0.2) is 24.3 Å². The lowest BCUT2D eigenvalue weighted by atomic mass is 9.97. The van der Waals surface area contributed by atoms with Gasteiger partial charge in [0.05, 0.1) is 5.92 Å². The van der Waals surface area contributed by atoms with Crippen molar-refractivity contribution in [3.05, 3.63) is 35.6 Å². The van der Waals surface area contributed by atoms with Gasteiger partial charge >= 0.3 is 12.0 Å². The Morgan fingerprint density at radius 3 is 2.59 bits per heavy atom. The number of hydrogen-bond donors (Lipinski definition) is 2. The Bertz CT molecular complexity index is 542. The second kappa shape index (κ2) is 7.24. The van der Waals surface area contributed by atoms with Crippen LogP contribution in [-0.2, 0) is 11.2 Å². The van der Waals surface area contributed by atoms with Crippen molar-refractivity contribution in [1.82, 2.24) is 10.2 Å². The van der Waals surface area contributed by atoms with E-state index in [1.165, 1.54) is 6.07 Å². The molecule has 1 atom stereocenters. The summed E-state index contributed by atoms with van der Waals surface area (Å²) in [6.45, 7) is 2.71. The zero-order valence-corrected chi connectivity index (χ0v) is 12.6. The first-order chi connectivity index (χ1) is 10.5. The molecular formula is C16H21FN2O3. The van der Waals surface area contributed by atoms with Crippen molar-refractivity contribution in [3.63, 3.8) is 0 Å². The van der Waals surface area contributed by atoms with Crippen LogP contribution in [0.3, 0.4) is 0 Å². The molecule has 1 aliphatic rings. The molecule has 2 N–H and O–H groups in total. The number of carboxylic acids is 1. The Labute approximate surface area is 129 Å². The summed E-state index contributed by atoms with van der Waals surface area (Å²) in [5.41, 5.74) is 0.569. The molecule has 0 bridgehead atoms. The molecule has 0 spiro atoms. The average molecular weight is 308 g/mol. The molecule has 0 saturated carbocycles. The molecule has 0 aromatic heterocycles. The molecule has 22 heavy (non-hydrogen) atoms. The van der Waals surface area contributed by atoms with Crippen LogP contribution < -0.4 is 5.32 Å². The average Bonchev–Trinajstić information content (AvgIpc) is 2.49.